The Bertz CT molecular complexity index is 973. The Morgan fingerprint density at radius 1 is 1.08 bits per heavy atom. The Morgan fingerprint density at radius 3 is 2.56 bits per heavy atom. The fourth-order valence-electron chi connectivity index (χ4n) is 3.40. The lowest BCUT2D eigenvalue weighted by Crippen LogP contribution is -2.22. The molecule has 1 unspecified atom stereocenters. The van der Waals surface area contributed by atoms with Crippen LogP contribution in [0.1, 0.15) is 34.7 Å². The van der Waals surface area contributed by atoms with Gasteiger partial charge in [0.05, 0.1) is 24.7 Å². The summed E-state index contributed by atoms with van der Waals surface area (Å²) in [6, 6.07) is 18.1. The smallest absolute Gasteiger partial charge is 0.255 e. The molecule has 4 nitrogen and oxygen atoms in total. The lowest BCUT2D eigenvalue weighted by atomic mass is 9.79. The zero-order valence-electron chi connectivity index (χ0n) is 13.9. The monoisotopic (exact) mass is 330 g/mol. The molecule has 1 aromatic heterocycles. The molecule has 124 valence electrons. The summed E-state index contributed by atoms with van der Waals surface area (Å²) >= 11 is 0. The average Bonchev–Trinajstić information content (AvgIpc) is 2.68. The van der Waals surface area contributed by atoms with E-state index >= 15 is 0 Å². The maximum atomic E-state index is 12.4. The number of benzene rings is 2. The number of hydrogen-bond acceptors (Lipinski definition) is 3. The first-order valence-corrected chi connectivity index (χ1v) is 8.24. The molecule has 0 spiro atoms. The summed E-state index contributed by atoms with van der Waals surface area (Å²) in [4.78, 5) is 19.6. The Balaban J connectivity index is 1.84. The second-order valence-corrected chi connectivity index (χ2v) is 6.10. The van der Waals surface area contributed by atoms with E-state index in [1.54, 1.807) is 7.11 Å². The summed E-state index contributed by atoms with van der Waals surface area (Å²) < 4.78 is 5.24. The zero-order valence-corrected chi connectivity index (χ0v) is 13.9. The van der Waals surface area contributed by atoms with Crippen molar-refractivity contribution >= 4 is 11.6 Å². The number of aromatic amines is 1. The highest BCUT2D eigenvalue weighted by atomic mass is 16.5. The van der Waals surface area contributed by atoms with Crippen molar-refractivity contribution in [2.75, 3.05) is 7.11 Å². The molecule has 0 aliphatic heterocycles. The molecule has 1 N–H and O–H groups in total. The topological polar surface area (TPSA) is 55.0 Å². The van der Waals surface area contributed by atoms with Crippen molar-refractivity contribution in [1.82, 2.24) is 9.97 Å². The first-order valence-electron chi connectivity index (χ1n) is 8.24. The standard InChI is InChI=1S/C21H18N2O2/c1-25-17-9-7-14(8-10-17)16-11-18(15-5-3-2-4-6-15)20-19(12-16)22-13-23-21(20)24/h2-10,12-13,18H,11H2,1H3,(H,22,23,24). The minimum absolute atomic E-state index is 0.00393. The van der Waals surface area contributed by atoms with Crippen LogP contribution in [0.2, 0.25) is 0 Å². The highest BCUT2D eigenvalue weighted by molar-refractivity contribution is 5.84. The molecule has 0 radical (unpaired) electrons. The molecule has 1 atom stereocenters. The first-order chi connectivity index (χ1) is 12.3. The zero-order chi connectivity index (χ0) is 17.2. The van der Waals surface area contributed by atoms with E-state index in [4.69, 9.17) is 4.74 Å². The number of nitrogens with zero attached hydrogens (tertiary/aromatic N) is 1. The number of rotatable bonds is 3. The number of H-pyrrole nitrogens is 1. The van der Waals surface area contributed by atoms with Crippen LogP contribution >= 0.6 is 0 Å². The van der Waals surface area contributed by atoms with Crippen molar-refractivity contribution < 1.29 is 4.74 Å². The minimum atomic E-state index is -0.0658. The number of methoxy groups -OCH3 is 1. The van der Waals surface area contributed by atoms with Gasteiger partial charge in [-0.3, -0.25) is 4.79 Å². The minimum Gasteiger partial charge on any atom is -0.497 e. The maximum absolute atomic E-state index is 12.4. The van der Waals surface area contributed by atoms with Crippen LogP contribution in [0, 0.1) is 0 Å². The summed E-state index contributed by atoms with van der Waals surface area (Å²) in [7, 11) is 1.66. The summed E-state index contributed by atoms with van der Waals surface area (Å²) in [5.41, 5.74) is 4.84. The molecule has 1 aliphatic carbocycles. The van der Waals surface area contributed by atoms with Crippen LogP contribution in [-0.2, 0) is 0 Å². The summed E-state index contributed by atoms with van der Waals surface area (Å²) in [6.07, 6.45) is 4.25. The highest BCUT2D eigenvalue weighted by Gasteiger charge is 2.27. The molecule has 4 rings (SSSR count). The summed E-state index contributed by atoms with van der Waals surface area (Å²) in [6.45, 7) is 0. The molecule has 4 heteroatoms. The van der Waals surface area contributed by atoms with Gasteiger partial charge in [-0.1, -0.05) is 42.5 Å². The Labute approximate surface area is 145 Å². The van der Waals surface area contributed by atoms with Crippen molar-refractivity contribution in [2.24, 2.45) is 0 Å². The van der Waals surface area contributed by atoms with Crippen LogP contribution in [0.4, 0.5) is 0 Å². The van der Waals surface area contributed by atoms with Crippen LogP contribution in [0.15, 0.2) is 65.7 Å². The number of nitrogens with one attached hydrogen (secondary N) is 1. The molecule has 0 bridgehead atoms. The molecular formula is C21H18N2O2. The number of fused-ring (bicyclic) bond motifs is 1. The predicted molar refractivity (Wildman–Crippen MR) is 98.6 cm³/mol. The van der Waals surface area contributed by atoms with Gasteiger partial charge in [-0.25, -0.2) is 4.98 Å². The molecule has 1 heterocycles. The van der Waals surface area contributed by atoms with Gasteiger partial charge in [-0.05, 0) is 41.3 Å². The molecule has 0 saturated carbocycles. The maximum Gasteiger partial charge on any atom is 0.255 e. The number of ether oxygens (including phenoxy) is 1. The van der Waals surface area contributed by atoms with Gasteiger partial charge in [0.25, 0.3) is 5.56 Å². The lowest BCUT2D eigenvalue weighted by Gasteiger charge is -2.25. The van der Waals surface area contributed by atoms with E-state index < -0.39 is 0 Å². The van der Waals surface area contributed by atoms with E-state index in [0.717, 1.165) is 34.6 Å². The Morgan fingerprint density at radius 2 is 1.84 bits per heavy atom. The van der Waals surface area contributed by atoms with Crippen molar-refractivity contribution in [2.45, 2.75) is 12.3 Å². The van der Waals surface area contributed by atoms with Crippen LogP contribution in [0.3, 0.4) is 0 Å². The fourth-order valence-corrected chi connectivity index (χ4v) is 3.40. The quantitative estimate of drug-likeness (QED) is 0.793. The molecule has 2 aromatic carbocycles. The SMILES string of the molecule is COc1ccc(C2=Cc3nc[nH]c(=O)c3C(c3ccccc3)C2)cc1. The summed E-state index contributed by atoms with van der Waals surface area (Å²) in [5.74, 6) is 0.825. The van der Waals surface area contributed by atoms with Gasteiger partial charge < -0.3 is 9.72 Å². The van der Waals surface area contributed by atoms with Gasteiger partial charge in [-0.15, -0.1) is 0 Å². The second kappa shape index (κ2) is 6.40. The van der Waals surface area contributed by atoms with E-state index in [2.05, 4.69) is 22.1 Å². The van der Waals surface area contributed by atoms with Crippen molar-refractivity contribution in [3.63, 3.8) is 0 Å². The highest BCUT2D eigenvalue weighted by Crippen LogP contribution is 2.39. The van der Waals surface area contributed by atoms with E-state index in [9.17, 15) is 4.79 Å². The molecule has 25 heavy (non-hydrogen) atoms. The average molecular weight is 330 g/mol. The predicted octanol–water partition coefficient (Wildman–Crippen LogP) is 3.85. The Kier molecular flexibility index (Phi) is 3.94. The molecule has 0 saturated heterocycles. The van der Waals surface area contributed by atoms with E-state index in [0.29, 0.717) is 0 Å². The van der Waals surface area contributed by atoms with Gasteiger partial charge in [-0.2, -0.15) is 0 Å². The third-order valence-corrected chi connectivity index (χ3v) is 4.67. The normalized spacial score (nSPS) is 16.0. The van der Waals surface area contributed by atoms with Gasteiger partial charge in [0.1, 0.15) is 5.75 Å². The van der Waals surface area contributed by atoms with E-state index in [-0.39, 0.29) is 11.5 Å². The summed E-state index contributed by atoms with van der Waals surface area (Å²) in [5, 5.41) is 0. The van der Waals surface area contributed by atoms with Gasteiger partial charge in [0.15, 0.2) is 0 Å². The van der Waals surface area contributed by atoms with E-state index in [1.807, 2.05) is 48.5 Å². The molecule has 3 aromatic rings. The second-order valence-electron chi connectivity index (χ2n) is 6.10. The number of aromatic nitrogens is 2. The van der Waals surface area contributed by atoms with Gasteiger partial charge in [0, 0.05) is 5.92 Å². The van der Waals surface area contributed by atoms with Gasteiger partial charge in [0.2, 0.25) is 0 Å². The van der Waals surface area contributed by atoms with Crippen LogP contribution in [-0.4, -0.2) is 17.1 Å². The van der Waals surface area contributed by atoms with Crippen LogP contribution in [0.5, 0.6) is 5.75 Å². The third kappa shape index (κ3) is 2.87. The molecule has 0 fully saturated rings. The molecule has 1 aliphatic rings. The van der Waals surface area contributed by atoms with Crippen LogP contribution < -0.4 is 10.3 Å². The van der Waals surface area contributed by atoms with Gasteiger partial charge >= 0.3 is 0 Å². The van der Waals surface area contributed by atoms with Crippen LogP contribution in [0.25, 0.3) is 11.6 Å². The van der Waals surface area contributed by atoms with Crippen molar-refractivity contribution in [3.05, 3.63) is 93.7 Å². The number of allylic oxidation sites excluding steroid dienone is 1. The third-order valence-electron chi connectivity index (χ3n) is 4.67. The Hall–Kier alpha value is -3.14. The number of hydrogen-bond donors (Lipinski definition) is 1. The van der Waals surface area contributed by atoms with E-state index in [1.165, 1.54) is 11.9 Å². The lowest BCUT2D eigenvalue weighted by molar-refractivity contribution is 0.415. The fraction of sp³-hybridized carbons (Fsp3) is 0.143. The first kappa shape index (κ1) is 15.4. The van der Waals surface area contributed by atoms with Crippen molar-refractivity contribution in [3.8, 4) is 5.75 Å². The van der Waals surface area contributed by atoms with Crippen molar-refractivity contribution in [1.29, 1.82) is 0 Å². The molecule has 0 amide bonds. The molecular weight excluding hydrogens is 312 g/mol. The largest absolute Gasteiger partial charge is 0.497 e.